The molecule has 1 saturated heterocycles. The van der Waals surface area contributed by atoms with Gasteiger partial charge in [-0.3, -0.25) is 4.79 Å². The summed E-state index contributed by atoms with van der Waals surface area (Å²) in [4.78, 5) is 17.7. The lowest BCUT2D eigenvalue weighted by molar-refractivity contribution is 0.0724. The van der Waals surface area contributed by atoms with Gasteiger partial charge in [-0.15, -0.1) is 36.2 Å². The topological polar surface area (TPSA) is 71.0 Å². The van der Waals surface area contributed by atoms with Gasteiger partial charge >= 0.3 is 0 Å². The molecule has 0 atom stereocenters. The Balaban J connectivity index is 0.000000261. The summed E-state index contributed by atoms with van der Waals surface area (Å²) in [7, 11) is 0. The zero-order valence-corrected chi connectivity index (χ0v) is 33.4. The molecule has 0 aromatic heterocycles. The Morgan fingerprint density at radius 3 is 1.90 bits per heavy atom. The van der Waals surface area contributed by atoms with Crippen LogP contribution in [0.3, 0.4) is 0 Å². The van der Waals surface area contributed by atoms with Gasteiger partial charge in [-0.2, -0.15) is 0 Å². The lowest BCUT2D eigenvalue weighted by Crippen LogP contribution is -2.35. The Kier molecular flexibility index (Phi) is 19.9. The Morgan fingerprint density at radius 1 is 0.784 bits per heavy atom. The van der Waals surface area contributed by atoms with Gasteiger partial charge in [-0.05, 0) is 113 Å². The quantitative estimate of drug-likeness (QED) is 0.0674. The fourth-order valence-corrected chi connectivity index (χ4v) is 6.99. The van der Waals surface area contributed by atoms with Crippen molar-refractivity contribution in [3.05, 3.63) is 108 Å². The van der Waals surface area contributed by atoms with Crippen LogP contribution in [0, 0.1) is 0 Å². The highest BCUT2D eigenvalue weighted by molar-refractivity contribution is 7.99. The number of nitrogens with one attached hydrogen (secondary N) is 1. The summed E-state index contributed by atoms with van der Waals surface area (Å²) in [6, 6.07) is 31.4. The first-order valence-corrected chi connectivity index (χ1v) is 20.4. The molecule has 0 saturated carbocycles. The number of aromatic hydroxyl groups is 1. The predicted octanol–water partition coefficient (Wildman–Crippen LogP) is 10.6. The largest absolute Gasteiger partial charge is 0.507 e. The highest BCUT2D eigenvalue weighted by Gasteiger charge is 2.18. The molecule has 2 N–H and O–H groups in total. The summed E-state index contributed by atoms with van der Waals surface area (Å²) in [5.41, 5.74) is 1.96. The fourth-order valence-electron chi connectivity index (χ4n) is 5.08. The molecule has 0 unspecified atom stereocenters. The van der Waals surface area contributed by atoms with Gasteiger partial charge in [0.25, 0.3) is 5.91 Å². The number of amides is 1. The molecule has 9 heteroatoms. The molecular weight excluding hydrogens is 693 g/mol. The number of ether oxygens (including phenoxy) is 2. The lowest BCUT2D eigenvalue weighted by Gasteiger charge is -2.26. The van der Waals surface area contributed by atoms with E-state index in [1.54, 1.807) is 30.0 Å². The molecule has 1 aliphatic rings. The first kappa shape index (κ1) is 42.2. The summed E-state index contributed by atoms with van der Waals surface area (Å²) in [6.07, 6.45) is 5.10. The number of carbonyl (C=O) groups excluding carboxylic acids is 1. The van der Waals surface area contributed by atoms with Crippen molar-refractivity contribution in [1.82, 2.24) is 10.2 Å². The van der Waals surface area contributed by atoms with E-state index in [2.05, 4.69) is 63.0 Å². The van der Waals surface area contributed by atoms with Crippen LogP contribution in [0.15, 0.2) is 112 Å². The van der Waals surface area contributed by atoms with Crippen LogP contribution in [-0.2, 0) is 6.54 Å². The van der Waals surface area contributed by atoms with E-state index in [1.807, 2.05) is 85.1 Å². The number of hydrogen-bond acceptors (Lipinski definition) is 8. The molecular formula is C42H56N2O4S3. The molecule has 0 spiro atoms. The minimum absolute atomic E-state index is 0.170. The van der Waals surface area contributed by atoms with Crippen LogP contribution in [-0.4, -0.2) is 59.3 Å². The number of rotatable bonds is 14. The van der Waals surface area contributed by atoms with Gasteiger partial charge in [0.2, 0.25) is 0 Å². The molecule has 1 heterocycles. The van der Waals surface area contributed by atoms with Gasteiger partial charge in [0, 0.05) is 52.2 Å². The van der Waals surface area contributed by atoms with E-state index >= 15 is 0 Å². The highest BCUT2D eigenvalue weighted by Crippen LogP contribution is 2.31. The molecule has 1 aliphatic heterocycles. The third-order valence-electron chi connectivity index (χ3n) is 7.45. The normalized spacial score (nSPS) is 12.4. The maximum atomic E-state index is 12.7. The second kappa shape index (κ2) is 24.1. The Bertz CT molecular complexity index is 1560. The van der Waals surface area contributed by atoms with Crippen molar-refractivity contribution in [2.45, 2.75) is 93.7 Å². The van der Waals surface area contributed by atoms with Gasteiger partial charge < -0.3 is 24.8 Å². The van der Waals surface area contributed by atoms with Crippen molar-refractivity contribution >= 4 is 42.1 Å². The number of benzene rings is 4. The van der Waals surface area contributed by atoms with E-state index in [9.17, 15) is 4.79 Å². The second-order valence-corrected chi connectivity index (χ2v) is 15.4. The molecule has 5 rings (SSSR count). The van der Waals surface area contributed by atoms with Crippen LogP contribution in [0.25, 0.3) is 0 Å². The molecule has 0 radical (unpaired) electrons. The molecule has 4 aromatic carbocycles. The van der Waals surface area contributed by atoms with Crippen molar-refractivity contribution in [2.75, 3.05) is 31.1 Å². The number of phenolic OH excluding ortho intramolecular Hbond substituents is 1. The summed E-state index contributed by atoms with van der Waals surface area (Å²) >= 11 is 7.61. The molecule has 6 nitrogen and oxygen atoms in total. The molecule has 276 valence electrons. The van der Waals surface area contributed by atoms with E-state index < -0.39 is 0 Å². The van der Waals surface area contributed by atoms with E-state index in [1.165, 1.54) is 22.6 Å². The summed E-state index contributed by atoms with van der Waals surface area (Å²) in [5, 5.41) is 12.3. The molecule has 0 bridgehead atoms. The third-order valence-corrected chi connectivity index (χ3v) is 10.1. The number of piperidine rings is 1. The lowest BCUT2D eigenvalue weighted by atomic mass is 10.1. The van der Waals surface area contributed by atoms with E-state index in [-0.39, 0.29) is 23.9 Å². The minimum Gasteiger partial charge on any atom is -0.507 e. The van der Waals surface area contributed by atoms with Crippen LogP contribution in [0.4, 0.5) is 0 Å². The fraction of sp³-hybridized carbons (Fsp3) is 0.405. The van der Waals surface area contributed by atoms with Crippen LogP contribution < -0.4 is 14.8 Å². The number of thiol groups is 1. The van der Waals surface area contributed by atoms with Gasteiger partial charge in [0.05, 0.1) is 12.2 Å². The van der Waals surface area contributed by atoms with Gasteiger partial charge in [0.15, 0.2) is 0 Å². The number of likely N-dealkylation sites (tertiary alicyclic amines) is 1. The van der Waals surface area contributed by atoms with Crippen molar-refractivity contribution in [2.24, 2.45) is 0 Å². The number of carbonyl (C=O) groups is 1. The molecule has 1 fully saturated rings. The van der Waals surface area contributed by atoms with Crippen molar-refractivity contribution in [3.63, 3.8) is 0 Å². The minimum atomic E-state index is 0.170. The average molecular weight is 749 g/mol. The van der Waals surface area contributed by atoms with Crippen LogP contribution >= 0.6 is 36.2 Å². The van der Waals surface area contributed by atoms with Crippen molar-refractivity contribution in [1.29, 1.82) is 0 Å². The van der Waals surface area contributed by atoms with E-state index in [0.717, 1.165) is 73.2 Å². The van der Waals surface area contributed by atoms with Gasteiger partial charge in [-0.25, -0.2) is 0 Å². The molecule has 0 aliphatic carbocycles. The molecule has 1 amide bonds. The number of thioether (sulfide) groups is 2. The Labute approximate surface area is 320 Å². The number of hydrogen-bond donors (Lipinski definition) is 3. The van der Waals surface area contributed by atoms with Gasteiger partial charge in [-0.1, -0.05) is 55.5 Å². The Hall–Kier alpha value is -3.24. The van der Waals surface area contributed by atoms with Gasteiger partial charge in [0.1, 0.15) is 17.2 Å². The zero-order valence-electron chi connectivity index (χ0n) is 30.8. The standard InChI is InChI=1S/C24H32N2O2S.C12H18OS.C6H6OS/c1-19(2)28-22-11-4-5-12-23(22)29-16-13-25-18-20-9-8-10-21(17-20)24(27)26-14-6-3-7-15-26;1-4-9-14-12-8-6-5-7-11(12)13-10(2)3;7-5-3-1-2-4-6(5)8/h4-5,8-12,17,19,25H,3,6-7,13-16,18H2,1-2H3;5-8,10H,4,9H2,1-3H3;1-4,7-8H. The summed E-state index contributed by atoms with van der Waals surface area (Å²) in [5.74, 6) is 4.49. The van der Waals surface area contributed by atoms with Crippen LogP contribution in [0.5, 0.6) is 17.2 Å². The SMILES string of the molecule is CC(C)Oc1ccccc1SCCNCc1cccc(C(=O)N2CCCCC2)c1.CCCSc1ccccc1OC(C)C.Oc1ccccc1S. The highest BCUT2D eigenvalue weighted by atomic mass is 32.2. The zero-order chi connectivity index (χ0) is 36.8. The number of phenols is 1. The predicted molar refractivity (Wildman–Crippen MR) is 219 cm³/mol. The van der Waals surface area contributed by atoms with Crippen molar-refractivity contribution < 1.29 is 19.4 Å². The van der Waals surface area contributed by atoms with E-state index in [0.29, 0.717) is 4.90 Å². The molecule has 4 aromatic rings. The monoisotopic (exact) mass is 748 g/mol. The average Bonchev–Trinajstić information content (AvgIpc) is 3.13. The Morgan fingerprint density at radius 2 is 1.35 bits per heavy atom. The first-order valence-electron chi connectivity index (χ1n) is 18.0. The number of nitrogens with zero attached hydrogens (tertiary/aromatic N) is 1. The first-order chi connectivity index (χ1) is 24.7. The van der Waals surface area contributed by atoms with Crippen LogP contribution in [0.1, 0.15) is 76.2 Å². The smallest absolute Gasteiger partial charge is 0.253 e. The van der Waals surface area contributed by atoms with Crippen LogP contribution in [0.2, 0.25) is 0 Å². The van der Waals surface area contributed by atoms with Crippen molar-refractivity contribution in [3.8, 4) is 17.2 Å². The maximum absolute atomic E-state index is 12.7. The maximum Gasteiger partial charge on any atom is 0.253 e. The second-order valence-electron chi connectivity index (χ2n) is 12.6. The van der Waals surface area contributed by atoms with E-state index in [4.69, 9.17) is 14.6 Å². The molecule has 51 heavy (non-hydrogen) atoms. The summed E-state index contributed by atoms with van der Waals surface area (Å²) < 4.78 is 11.6. The summed E-state index contributed by atoms with van der Waals surface area (Å²) in [6.45, 7) is 13.8. The third kappa shape index (κ3) is 16.3. The number of para-hydroxylation sites is 3.